The summed E-state index contributed by atoms with van der Waals surface area (Å²) >= 11 is 0. The van der Waals surface area contributed by atoms with E-state index in [9.17, 15) is 9.90 Å². The third kappa shape index (κ3) is 3.19. The Morgan fingerprint density at radius 2 is 2.22 bits per heavy atom. The monoisotopic (exact) mass is 316 g/mol. The second-order valence-corrected chi connectivity index (χ2v) is 6.77. The molecule has 1 saturated heterocycles. The second kappa shape index (κ2) is 6.22. The number of hydrogen-bond acceptors (Lipinski definition) is 3. The Morgan fingerprint density at radius 3 is 2.87 bits per heavy atom. The summed E-state index contributed by atoms with van der Waals surface area (Å²) < 4.78 is 5.71. The summed E-state index contributed by atoms with van der Waals surface area (Å²) in [5.41, 5.74) is 2.14. The molecule has 1 spiro atoms. The highest BCUT2D eigenvalue weighted by Crippen LogP contribution is 2.43. The number of rotatable bonds is 3. The number of ether oxygens (including phenoxy) is 1. The van der Waals surface area contributed by atoms with Crippen LogP contribution in [0.1, 0.15) is 51.5 Å². The lowest BCUT2D eigenvalue weighted by atomic mass is 9.79. The van der Waals surface area contributed by atoms with E-state index in [1.54, 1.807) is 11.1 Å². The lowest BCUT2D eigenvalue weighted by Crippen LogP contribution is -2.47. The summed E-state index contributed by atoms with van der Waals surface area (Å²) in [6.07, 6.45) is 9.64. The second-order valence-electron chi connectivity index (χ2n) is 6.77. The van der Waals surface area contributed by atoms with Crippen molar-refractivity contribution in [2.45, 2.75) is 57.6 Å². The number of amides is 1. The van der Waals surface area contributed by atoms with Crippen LogP contribution in [0.5, 0.6) is 5.75 Å². The Kier molecular flexibility index (Phi) is 4.28. The topological polar surface area (TPSA) is 62.7 Å². The SMILES string of the molecule is CC(C)Oc1cncc(C2=CCC3(CCCN3C(=O)O)CC2)c1. The van der Waals surface area contributed by atoms with Crippen LogP contribution in [-0.2, 0) is 0 Å². The molecule has 2 aliphatic rings. The first-order valence-electron chi connectivity index (χ1n) is 8.32. The molecule has 0 bridgehead atoms. The van der Waals surface area contributed by atoms with Gasteiger partial charge in [-0.25, -0.2) is 4.79 Å². The molecule has 1 aliphatic carbocycles. The number of allylic oxidation sites excluding steroid dienone is 1. The van der Waals surface area contributed by atoms with E-state index in [2.05, 4.69) is 11.1 Å². The van der Waals surface area contributed by atoms with Gasteiger partial charge in [0.2, 0.25) is 0 Å². The molecule has 2 heterocycles. The van der Waals surface area contributed by atoms with Gasteiger partial charge in [0.15, 0.2) is 0 Å². The zero-order chi connectivity index (χ0) is 16.4. The molecule has 0 saturated carbocycles. The molecule has 23 heavy (non-hydrogen) atoms. The summed E-state index contributed by atoms with van der Waals surface area (Å²) in [7, 11) is 0. The Morgan fingerprint density at radius 1 is 1.39 bits per heavy atom. The van der Waals surface area contributed by atoms with Crippen molar-refractivity contribution in [2.75, 3.05) is 6.54 Å². The molecule has 0 radical (unpaired) electrons. The van der Waals surface area contributed by atoms with Crippen molar-refractivity contribution in [3.8, 4) is 5.75 Å². The van der Waals surface area contributed by atoms with Crippen LogP contribution in [0.15, 0.2) is 24.5 Å². The number of likely N-dealkylation sites (tertiary alicyclic amines) is 1. The van der Waals surface area contributed by atoms with Crippen molar-refractivity contribution in [1.29, 1.82) is 0 Å². The lowest BCUT2D eigenvalue weighted by Gasteiger charge is -2.39. The summed E-state index contributed by atoms with van der Waals surface area (Å²) in [6, 6.07) is 2.03. The molecule has 3 rings (SSSR count). The van der Waals surface area contributed by atoms with E-state index in [1.165, 1.54) is 5.57 Å². The third-order valence-electron chi connectivity index (χ3n) is 4.87. The number of aromatic nitrogens is 1. The molecule has 1 atom stereocenters. The van der Waals surface area contributed by atoms with Gasteiger partial charge in [-0.2, -0.15) is 0 Å². The van der Waals surface area contributed by atoms with Crippen LogP contribution in [0, 0.1) is 0 Å². The molecule has 1 amide bonds. The fraction of sp³-hybridized carbons (Fsp3) is 0.556. The molecule has 1 aromatic rings. The van der Waals surface area contributed by atoms with Crippen LogP contribution in [0.4, 0.5) is 4.79 Å². The molecule has 1 N–H and O–H groups in total. The van der Waals surface area contributed by atoms with Gasteiger partial charge in [-0.3, -0.25) is 4.98 Å². The van der Waals surface area contributed by atoms with E-state index in [0.29, 0.717) is 6.54 Å². The van der Waals surface area contributed by atoms with Gasteiger partial charge in [0.05, 0.1) is 17.8 Å². The Bertz CT molecular complexity index is 626. The molecule has 0 aromatic carbocycles. The fourth-order valence-electron chi connectivity index (χ4n) is 3.79. The highest BCUT2D eigenvalue weighted by Gasteiger charge is 2.44. The smallest absolute Gasteiger partial charge is 0.407 e. The normalized spacial score (nSPS) is 24.1. The number of carboxylic acid groups (broad SMARTS) is 1. The Hall–Kier alpha value is -2.04. The van der Waals surface area contributed by atoms with Gasteiger partial charge in [0.1, 0.15) is 5.75 Å². The molecule has 1 unspecified atom stereocenters. The minimum atomic E-state index is -0.784. The Balaban J connectivity index is 1.78. The molecular formula is C18H24N2O3. The molecule has 1 aliphatic heterocycles. The lowest BCUT2D eigenvalue weighted by molar-refractivity contribution is 0.0969. The van der Waals surface area contributed by atoms with Gasteiger partial charge in [0.25, 0.3) is 0 Å². The zero-order valence-corrected chi connectivity index (χ0v) is 13.8. The number of pyridine rings is 1. The average molecular weight is 316 g/mol. The molecular weight excluding hydrogens is 292 g/mol. The maximum atomic E-state index is 11.5. The standard InChI is InChI=1S/C18H24N2O3/c1-13(2)23-16-10-15(11-19-12-16)14-4-7-18(8-5-14)6-3-9-20(18)17(21)22/h4,10-13H,3,5-9H2,1-2H3,(H,21,22). The number of nitrogens with zero attached hydrogens (tertiary/aromatic N) is 2. The number of hydrogen-bond donors (Lipinski definition) is 1. The maximum Gasteiger partial charge on any atom is 0.407 e. The van der Waals surface area contributed by atoms with Crippen molar-refractivity contribution in [3.05, 3.63) is 30.1 Å². The summed E-state index contributed by atoms with van der Waals surface area (Å²) in [6.45, 7) is 4.66. The molecule has 1 aromatic heterocycles. The van der Waals surface area contributed by atoms with Crippen molar-refractivity contribution in [1.82, 2.24) is 9.88 Å². The molecule has 124 valence electrons. The van der Waals surface area contributed by atoms with Crippen molar-refractivity contribution in [2.24, 2.45) is 0 Å². The zero-order valence-electron chi connectivity index (χ0n) is 13.8. The van der Waals surface area contributed by atoms with Gasteiger partial charge in [-0.15, -0.1) is 0 Å². The van der Waals surface area contributed by atoms with Gasteiger partial charge in [-0.1, -0.05) is 6.08 Å². The molecule has 5 nitrogen and oxygen atoms in total. The first-order chi connectivity index (χ1) is 11.0. The quantitative estimate of drug-likeness (QED) is 0.917. The van der Waals surface area contributed by atoms with Crippen molar-refractivity contribution in [3.63, 3.8) is 0 Å². The third-order valence-corrected chi connectivity index (χ3v) is 4.87. The average Bonchev–Trinajstić information content (AvgIpc) is 2.91. The highest BCUT2D eigenvalue weighted by molar-refractivity contribution is 5.70. The van der Waals surface area contributed by atoms with Crippen LogP contribution < -0.4 is 4.74 Å². The van der Waals surface area contributed by atoms with Crippen LogP contribution in [0.2, 0.25) is 0 Å². The van der Waals surface area contributed by atoms with E-state index < -0.39 is 6.09 Å². The number of carbonyl (C=O) groups is 1. The van der Waals surface area contributed by atoms with Crippen LogP contribution >= 0.6 is 0 Å². The predicted octanol–water partition coefficient (Wildman–Crippen LogP) is 3.95. The maximum absolute atomic E-state index is 11.5. The van der Waals surface area contributed by atoms with Crippen LogP contribution in [-0.4, -0.2) is 39.3 Å². The summed E-state index contributed by atoms with van der Waals surface area (Å²) in [4.78, 5) is 17.4. The highest BCUT2D eigenvalue weighted by atomic mass is 16.5. The first-order valence-corrected chi connectivity index (χ1v) is 8.32. The van der Waals surface area contributed by atoms with Crippen LogP contribution in [0.25, 0.3) is 5.57 Å². The molecule has 5 heteroatoms. The fourth-order valence-corrected chi connectivity index (χ4v) is 3.79. The molecule has 1 fully saturated rings. The van der Waals surface area contributed by atoms with E-state index in [0.717, 1.165) is 43.4 Å². The van der Waals surface area contributed by atoms with E-state index >= 15 is 0 Å². The largest absolute Gasteiger partial charge is 0.489 e. The Labute approximate surface area is 137 Å². The first kappa shape index (κ1) is 15.8. The summed E-state index contributed by atoms with van der Waals surface area (Å²) in [5, 5.41) is 9.41. The van der Waals surface area contributed by atoms with Crippen LogP contribution in [0.3, 0.4) is 0 Å². The summed E-state index contributed by atoms with van der Waals surface area (Å²) in [5.74, 6) is 0.784. The van der Waals surface area contributed by atoms with Crippen molar-refractivity contribution < 1.29 is 14.6 Å². The van der Waals surface area contributed by atoms with E-state index in [4.69, 9.17) is 4.74 Å². The minimum Gasteiger partial charge on any atom is -0.489 e. The minimum absolute atomic E-state index is 0.123. The van der Waals surface area contributed by atoms with Gasteiger partial charge >= 0.3 is 6.09 Å². The van der Waals surface area contributed by atoms with Gasteiger partial charge in [-0.05, 0) is 63.2 Å². The van der Waals surface area contributed by atoms with Gasteiger partial charge in [0, 0.05) is 12.7 Å². The van der Waals surface area contributed by atoms with Crippen molar-refractivity contribution >= 4 is 11.7 Å². The van der Waals surface area contributed by atoms with E-state index in [-0.39, 0.29) is 11.6 Å². The van der Waals surface area contributed by atoms with Gasteiger partial charge < -0.3 is 14.7 Å². The van der Waals surface area contributed by atoms with E-state index in [1.807, 2.05) is 26.1 Å². The predicted molar refractivity (Wildman–Crippen MR) is 88.5 cm³/mol.